The maximum Gasteiger partial charge on any atom is 0.244 e. The molecule has 2 amide bonds. The van der Waals surface area contributed by atoms with E-state index in [9.17, 15) is 18.0 Å². The number of amides is 2. The molecule has 8 nitrogen and oxygen atoms in total. The van der Waals surface area contributed by atoms with Crippen LogP contribution < -0.4 is 14.4 Å². The molecule has 0 saturated heterocycles. The Morgan fingerprint density at radius 1 is 1.06 bits per heavy atom. The van der Waals surface area contributed by atoms with Gasteiger partial charge in [-0.2, -0.15) is 0 Å². The van der Waals surface area contributed by atoms with Gasteiger partial charge in [0.15, 0.2) is 0 Å². The number of nitrogens with one attached hydrogen (secondary N) is 1. The molecule has 0 aliphatic heterocycles. The van der Waals surface area contributed by atoms with Crippen LogP contribution in [-0.2, 0) is 26.2 Å². The summed E-state index contributed by atoms with van der Waals surface area (Å²) < 4.78 is 31.3. The van der Waals surface area contributed by atoms with Crippen LogP contribution in [0.25, 0.3) is 0 Å². The van der Waals surface area contributed by atoms with E-state index in [1.54, 1.807) is 49.4 Å². The van der Waals surface area contributed by atoms with Crippen molar-refractivity contribution in [1.29, 1.82) is 0 Å². The summed E-state index contributed by atoms with van der Waals surface area (Å²) in [6, 6.07) is 10.2. The molecule has 1 N–H and O–H groups in total. The summed E-state index contributed by atoms with van der Waals surface area (Å²) in [7, 11) is -2.34. The molecule has 0 unspecified atom stereocenters. The molecule has 0 aliphatic rings. The second kappa shape index (κ2) is 12.5. The highest BCUT2D eigenvalue weighted by Crippen LogP contribution is 2.27. The zero-order chi connectivity index (χ0) is 26.3. The van der Waals surface area contributed by atoms with Gasteiger partial charge in [-0.3, -0.25) is 13.9 Å². The summed E-state index contributed by atoms with van der Waals surface area (Å²) in [5.41, 5.74) is 0.747. The molecule has 2 aromatic rings. The zero-order valence-corrected chi connectivity index (χ0v) is 22.7. The van der Waals surface area contributed by atoms with E-state index in [1.807, 2.05) is 13.8 Å². The van der Waals surface area contributed by atoms with Crippen molar-refractivity contribution in [3.63, 3.8) is 0 Å². The van der Waals surface area contributed by atoms with Gasteiger partial charge in [-0.25, -0.2) is 8.42 Å². The van der Waals surface area contributed by atoms with Gasteiger partial charge in [-0.05, 0) is 56.7 Å². The lowest BCUT2D eigenvalue weighted by Gasteiger charge is -2.32. The van der Waals surface area contributed by atoms with Crippen molar-refractivity contribution in [1.82, 2.24) is 10.2 Å². The van der Waals surface area contributed by atoms with Gasteiger partial charge in [-0.1, -0.05) is 36.2 Å². The Morgan fingerprint density at radius 3 is 2.11 bits per heavy atom. The molecule has 2 aromatic carbocycles. The van der Waals surface area contributed by atoms with Crippen molar-refractivity contribution < 1.29 is 22.7 Å². The van der Waals surface area contributed by atoms with Crippen LogP contribution in [0.3, 0.4) is 0 Å². The first-order valence-electron chi connectivity index (χ1n) is 11.0. The van der Waals surface area contributed by atoms with Crippen molar-refractivity contribution in [2.45, 2.75) is 45.8 Å². The second-order valence-electron chi connectivity index (χ2n) is 8.18. The number of benzene rings is 2. The van der Waals surface area contributed by atoms with Crippen LogP contribution in [0.15, 0.2) is 42.5 Å². The summed E-state index contributed by atoms with van der Waals surface area (Å²) in [5.74, 6) is -0.417. The minimum Gasteiger partial charge on any atom is -0.497 e. The third-order valence-electron chi connectivity index (χ3n) is 5.60. The summed E-state index contributed by atoms with van der Waals surface area (Å²) in [6.45, 7) is 4.77. The first kappa shape index (κ1) is 28.7. The highest BCUT2D eigenvalue weighted by molar-refractivity contribution is 7.92. The predicted molar refractivity (Wildman–Crippen MR) is 140 cm³/mol. The van der Waals surface area contributed by atoms with E-state index in [1.165, 1.54) is 12.0 Å². The maximum atomic E-state index is 13.6. The van der Waals surface area contributed by atoms with E-state index in [0.29, 0.717) is 27.8 Å². The van der Waals surface area contributed by atoms with Crippen LogP contribution in [-0.4, -0.2) is 57.1 Å². The third-order valence-corrected chi connectivity index (χ3v) is 7.45. The van der Waals surface area contributed by atoms with Gasteiger partial charge in [0, 0.05) is 28.2 Å². The van der Waals surface area contributed by atoms with Crippen molar-refractivity contribution in [3.8, 4) is 5.75 Å². The fraction of sp³-hybridized carbons (Fsp3) is 0.417. The van der Waals surface area contributed by atoms with Crippen molar-refractivity contribution >= 4 is 50.7 Å². The largest absolute Gasteiger partial charge is 0.497 e. The highest BCUT2D eigenvalue weighted by Gasteiger charge is 2.31. The number of carbonyl (C=O) groups excluding carboxylic acids is 2. The molecule has 0 radical (unpaired) electrons. The number of halogens is 2. The average Bonchev–Trinajstić information content (AvgIpc) is 2.81. The molecule has 0 aromatic heterocycles. The first-order valence-corrected chi connectivity index (χ1v) is 13.6. The van der Waals surface area contributed by atoms with Crippen LogP contribution in [0.4, 0.5) is 5.69 Å². The number of carbonyl (C=O) groups is 2. The number of sulfonamides is 1. The van der Waals surface area contributed by atoms with E-state index in [2.05, 4.69) is 5.32 Å². The monoisotopic (exact) mass is 543 g/mol. The number of ether oxygens (including phenoxy) is 1. The molecule has 192 valence electrons. The summed E-state index contributed by atoms with van der Waals surface area (Å²) in [5, 5.41) is 3.53. The molecule has 0 fully saturated rings. The van der Waals surface area contributed by atoms with E-state index in [0.717, 1.165) is 10.6 Å². The van der Waals surface area contributed by atoms with Gasteiger partial charge >= 0.3 is 0 Å². The number of methoxy groups -OCH3 is 1. The molecule has 0 spiro atoms. The fourth-order valence-corrected chi connectivity index (χ4v) is 4.63. The van der Waals surface area contributed by atoms with E-state index in [4.69, 9.17) is 27.9 Å². The first-order chi connectivity index (χ1) is 16.4. The topological polar surface area (TPSA) is 96.0 Å². The Labute approximate surface area is 217 Å². The van der Waals surface area contributed by atoms with E-state index in [-0.39, 0.29) is 24.2 Å². The minimum absolute atomic E-state index is 0.0767. The Balaban J connectivity index is 2.43. The van der Waals surface area contributed by atoms with Crippen LogP contribution in [0, 0.1) is 0 Å². The lowest BCUT2D eigenvalue weighted by Crippen LogP contribution is -2.52. The average molecular weight is 545 g/mol. The molecule has 35 heavy (non-hydrogen) atoms. The molecule has 0 aliphatic carbocycles. The quantitative estimate of drug-likeness (QED) is 0.460. The zero-order valence-electron chi connectivity index (χ0n) is 20.4. The molecule has 2 rings (SSSR count). The number of rotatable bonds is 11. The minimum atomic E-state index is -3.83. The van der Waals surface area contributed by atoms with Crippen molar-refractivity contribution in [3.05, 3.63) is 58.1 Å². The molecular weight excluding hydrogens is 513 g/mol. The maximum absolute atomic E-state index is 13.6. The van der Waals surface area contributed by atoms with Gasteiger partial charge in [0.25, 0.3) is 0 Å². The smallest absolute Gasteiger partial charge is 0.244 e. The molecule has 2 atom stereocenters. The number of hydrogen-bond donors (Lipinski definition) is 1. The molecular formula is C24H31Cl2N3O5S. The summed E-state index contributed by atoms with van der Waals surface area (Å²) in [4.78, 5) is 27.8. The summed E-state index contributed by atoms with van der Waals surface area (Å²) in [6.07, 6.45) is 1.72. The normalized spacial score (nSPS) is 13.0. The van der Waals surface area contributed by atoms with E-state index < -0.39 is 28.5 Å². The second-order valence-corrected chi connectivity index (χ2v) is 10.9. The number of nitrogens with zero attached hydrogens (tertiary/aromatic N) is 2. The predicted octanol–water partition coefficient (Wildman–Crippen LogP) is 4.10. The van der Waals surface area contributed by atoms with Gasteiger partial charge in [0.1, 0.15) is 18.3 Å². The number of anilines is 1. The van der Waals surface area contributed by atoms with Crippen LogP contribution in [0.2, 0.25) is 10.0 Å². The Morgan fingerprint density at radius 2 is 1.63 bits per heavy atom. The Kier molecular flexibility index (Phi) is 10.2. The Hall–Kier alpha value is -2.49. The van der Waals surface area contributed by atoms with Gasteiger partial charge in [0.2, 0.25) is 21.8 Å². The standard InChI is InChI=1S/C24H31Cl2N3O5S/c1-6-16(2)27-24(31)17(3)28(14-20-21(25)8-7-9-22(20)26)23(30)15-29(35(5,32)33)18-10-12-19(34-4)13-11-18/h7-13,16-17H,6,14-15H2,1-5H3,(H,27,31)/t16-,17+/m1/s1. The lowest BCUT2D eigenvalue weighted by molar-refractivity contribution is -0.139. The third kappa shape index (κ3) is 7.75. The fourth-order valence-electron chi connectivity index (χ4n) is 3.26. The summed E-state index contributed by atoms with van der Waals surface area (Å²) >= 11 is 12.7. The lowest BCUT2D eigenvalue weighted by atomic mass is 10.1. The molecule has 0 heterocycles. The van der Waals surface area contributed by atoms with Crippen LogP contribution in [0.5, 0.6) is 5.75 Å². The van der Waals surface area contributed by atoms with Crippen molar-refractivity contribution in [2.24, 2.45) is 0 Å². The molecule has 0 saturated carbocycles. The van der Waals surface area contributed by atoms with Crippen LogP contribution >= 0.6 is 23.2 Å². The van der Waals surface area contributed by atoms with E-state index >= 15 is 0 Å². The Bertz CT molecular complexity index is 1120. The molecule has 11 heteroatoms. The molecule has 0 bridgehead atoms. The highest BCUT2D eigenvalue weighted by atomic mass is 35.5. The van der Waals surface area contributed by atoms with Gasteiger partial charge in [0.05, 0.1) is 19.1 Å². The van der Waals surface area contributed by atoms with Crippen molar-refractivity contribution in [2.75, 3.05) is 24.2 Å². The van der Waals surface area contributed by atoms with Gasteiger partial charge in [-0.15, -0.1) is 0 Å². The van der Waals surface area contributed by atoms with Crippen LogP contribution in [0.1, 0.15) is 32.8 Å². The number of hydrogen-bond acceptors (Lipinski definition) is 5. The van der Waals surface area contributed by atoms with Gasteiger partial charge < -0.3 is 15.0 Å². The SMILES string of the molecule is CC[C@@H](C)NC(=O)[C@H](C)N(Cc1c(Cl)cccc1Cl)C(=O)CN(c1ccc(OC)cc1)S(C)(=O)=O.